The van der Waals surface area contributed by atoms with E-state index in [1.807, 2.05) is 0 Å². The van der Waals surface area contributed by atoms with Crippen molar-refractivity contribution in [3.63, 3.8) is 0 Å². The molecule has 2 aromatic carbocycles. The molecule has 0 saturated heterocycles. The minimum absolute atomic E-state index is 0.0727. The number of hydrogen-bond acceptors (Lipinski definition) is 5. The van der Waals surface area contributed by atoms with E-state index in [4.69, 9.17) is 26.8 Å². The van der Waals surface area contributed by atoms with E-state index in [1.54, 1.807) is 7.05 Å². The van der Waals surface area contributed by atoms with Gasteiger partial charge in [-0.1, -0.05) is 11.6 Å². The van der Waals surface area contributed by atoms with Gasteiger partial charge in [-0.15, -0.1) is 0 Å². The minimum atomic E-state index is -5.29. The molecule has 0 radical (unpaired) electrons. The quantitative estimate of drug-likeness (QED) is 0.499. The fourth-order valence-electron chi connectivity index (χ4n) is 3.14. The van der Waals surface area contributed by atoms with Crippen LogP contribution in [0.2, 0.25) is 5.02 Å². The van der Waals surface area contributed by atoms with Crippen molar-refractivity contribution in [3.8, 4) is 22.8 Å². The SMILES string of the molecule is COc1ccc(N(C(=O)C(F)(F)F)c2ccc(OCCN)c(-c3c(Cl)cnn3C)c2)c(F)c1. The number of nitrogens with zero attached hydrogens (tertiary/aromatic N) is 3. The summed E-state index contributed by atoms with van der Waals surface area (Å²) in [6.07, 6.45) is -3.94. The van der Waals surface area contributed by atoms with Gasteiger partial charge in [-0.3, -0.25) is 14.4 Å². The summed E-state index contributed by atoms with van der Waals surface area (Å²) in [4.78, 5) is 12.6. The van der Waals surface area contributed by atoms with Gasteiger partial charge in [0.1, 0.15) is 18.1 Å². The molecule has 0 fully saturated rings. The molecule has 7 nitrogen and oxygen atoms in total. The standard InChI is InChI=1S/C21H19ClF4N4O3/c1-29-19(15(22)11-28-29)14-9-12(3-6-18(14)33-8-7-27)30(20(31)21(24,25)26)17-5-4-13(32-2)10-16(17)23/h3-6,9-11H,7-8,27H2,1-2H3. The average Bonchev–Trinajstić information content (AvgIpc) is 3.10. The summed E-state index contributed by atoms with van der Waals surface area (Å²) >= 11 is 6.23. The molecular weight excluding hydrogens is 468 g/mol. The van der Waals surface area contributed by atoms with Crippen LogP contribution in [0, 0.1) is 5.82 Å². The van der Waals surface area contributed by atoms with Crippen molar-refractivity contribution in [1.82, 2.24) is 9.78 Å². The van der Waals surface area contributed by atoms with Crippen LogP contribution in [0.1, 0.15) is 0 Å². The van der Waals surface area contributed by atoms with E-state index < -0.39 is 23.6 Å². The molecule has 3 rings (SSSR count). The molecule has 176 valence electrons. The maximum absolute atomic E-state index is 14.8. The smallest absolute Gasteiger partial charge is 0.472 e. The van der Waals surface area contributed by atoms with Gasteiger partial charge in [0.2, 0.25) is 0 Å². The number of aromatic nitrogens is 2. The average molecular weight is 487 g/mol. The zero-order valence-corrected chi connectivity index (χ0v) is 18.2. The van der Waals surface area contributed by atoms with Crippen molar-refractivity contribution in [2.75, 3.05) is 25.2 Å². The number of amides is 1. The van der Waals surface area contributed by atoms with Gasteiger partial charge in [-0.05, 0) is 30.3 Å². The Bertz CT molecular complexity index is 1150. The molecular formula is C21H19ClF4N4O3. The van der Waals surface area contributed by atoms with E-state index in [1.165, 1.54) is 42.3 Å². The Balaban J connectivity index is 2.24. The monoisotopic (exact) mass is 486 g/mol. The van der Waals surface area contributed by atoms with E-state index in [0.717, 1.165) is 12.1 Å². The highest BCUT2D eigenvalue weighted by atomic mass is 35.5. The Labute approximate surface area is 191 Å². The lowest BCUT2D eigenvalue weighted by Crippen LogP contribution is -2.38. The zero-order chi connectivity index (χ0) is 24.3. The van der Waals surface area contributed by atoms with Crippen molar-refractivity contribution in [2.24, 2.45) is 12.8 Å². The van der Waals surface area contributed by atoms with Gasteiger partial charge in [0.25, 0.3) is 0 Å². The number of halogens is 5. The summed E-state index contributed by atoms with van der Waals surface area (Å²) in [6, 6.07) is 6.93. The van der Waals surface area contributed by atoms with Crippen LogP contribution in [-0.2, 0) is 11.8 Å². The second-order valence-electron chi connectivity index (χ2n) is 6.74. The van der Waals surface area contributed by atoms with Crippen LogP contribution in [-0.4, -0.2) is 42.1 Å². The van der Waals surface area contributed by atoms with Gasteiger partial charge >= 0.3 is 12.1 Å². The predicted molar refractivity (Wildman–Crippen MR) is 114 cm³/mol. The number of hydrogen-bond donors (Lipinski definition) is 1. The number of alkyl halides is 3. The molecule has 3 aromatic rings. The first kappa shape index (κ1) is 24.3. The third-order valence-corrected chi connectivity index (χ3v) is 4.86. The number of rotatable bonds is 7. The second kappa shape index (κ2) is 9.67. The predicted octanol–water partition coefficient (Wildman–Crippen LogP) is 4.45. The number of nitrogens with two attached hydrogens (primary N) is 1. The Hall–Kier alpha value is -3.31. The lowest BCUT2D eigenvalue weighted by atomic mass is 10.1. The molecule has 0 unspecified atom stereocenters. The molecule has 0 aliphatic carbocycles. The lowest BCUT2D eigenvalue weighted by Gasteiger charge is -2.26. The summed E-state index contributed by atoms with van der Waals surface area (Å²) in [5.74, 6) is -3.06. The first-order chi connectivity index (χ1) is 15.6. The fourth-order valence-corrected chi connectivity index (χ4v) is 3.41. The highest BCUT2D eigenvalue weighted by Crippen LogP contribution is 2.41. The normalized spacial score (nSPS) is 11.4. The van der Waals surface area contributed by atoms with Gasteiger partial charge < -0.3 is 15.2 Å². The van der Waals surface area contributed by atoms with Crippen LogP contribution in [0.4, 0.5) is 28.9 Å². The Morgan fingerprint density at radius 2 is 1.97 bits per heavy atom. The van der Waals surface area contributed by atoms with Gasteiger partial charge in [-0.2, -0.15) is 18.3 Å². The molecule has 0 bridgehead atoms. The summed E-state index contributed by atoms with van der Waals surface area (Å²) in [5.41, 5.74) is 5.16. The van der Waals surface area contributed by atoms with Crippen LogP contribution < -0.4 is 20.1 Å². The summed E-state index contributed by atoms with van der Waals surface area (Å²) < 4.78 is 67.1. The number of carbonyl (C=O) groups excluding carboxylic acids is 1. The van der Waals surface area contributed by atoms with E-state index in [-0.39, 0.29) is 45.8 Å². The molecule has 1 amide bonds. The van der Waals surface area contributed by atoms with Crippen molar-refractivity contribution in [2.45, 2.75) is 6.18 Å². The maximum Gasteiger partial charge on any atom is 0.472 e. The highest BCUT2D eigenvalue weighted by Gasteiger charge is 2.44. The first-order valence-electron chi connectivity index (χ1n) is 9.48. The Morgan fingerprint density at radius 3 is 2.52 bits per heavy atom. The third-order valence-electron chi connectivity index (χ3n) is 4.59. The molecule has 0 aliphatic rings. The molecule has 33 heavy (non-hydrogen) atoms. The zero-order valence-electron chi connectivity index (χ0n) is 17.5. The van der Waals surface area contributed by atoms with Crippen molar-refractivity contribution in [3.05, 3.63) is 53.4 Å². The highest BCUT2D eigenvalue weighted by molar-refractivity contribution is 6.33. The van der Waals surface area contributed by atoms with E-state index in [0.29, 0.717) is 5.69 Å². The number of methoxy groups -OCH3 is 1. The van der Waals surface area contributed by atoms with Crippen LogP contribution in [0.25, 0.3) is 11.3 Å². The molecule has 0 spiro atoms. The Kier molecular flexibility index (Phi) is 7.13. The van der Waals surface area contributed by atoms with Crippen molar-refractivity contribution >= 4 is 28.9 Å². The van der Waals surface area contributed by atoms with Crippen LogP contribution in [0.15, 0.2) is 42.6 Å². The van der Waals surface area contributed by atoms with Gasteiger partial charge in [0.05, 0.1) is 35.4 Å². The van der Waals surface area contributed by atoms with Crippen LogP contribution in [0.3, 0.4) is 0 Å². The first-order valence-corrected chi connectivity index (χ1v) is 9.86. The number of anilines is 2. The maximum atomic E-state index is 14.8. The third kappa shape index (κ3) is 5.04. The molecule has 0 atom stereocenters. The number of ether oxygens (including phenoxy) is 2. The topological polar surface area (TPSA) is 82.6 Å². The molecule has 1 heterocycles. The van der Waals surface area contributed by atoms with Crippen molar-refractivity contribution in [1.29, 1.82) is 0 Å². The number of benzene rings is 2. The van der Waals surface area contributed by atoms with Gasteiger partial charge in [-0.25, -0.2) is 4.39 Å². The molecule has 0 aliphatic heterocycles. The van der Waals surface area contributed by atoms with Crippen LogP contribution >= 0.6 is 11.6 Å². The van der Waals surface area contributed by atoms with E-state index in [2.05, 4.69) is 5.10 Å². The van der Waals surface area contributed by atoms with E-state index in [9.17, 15) is 22.4 Å². The van der Waals surface area contributed by atoms with Gasteiger partial charge in [0.15, 0.2) is 5.82 Å². The molecule has 2 N–H and O–H groups in total. The fraction of sp³-hybridized carbons (Fsp3) is 0.238. The molecule has 0 saturated carbocycles. The van der Waals surface area contributed by atoms with Crippen LogP contribution in [0.5, 0.6) is 11.5 Å². The largest absolute Gasteiger partial charge is 0.497 e. The molecule has 12 heteroatoms. The summed E-state index contributed by atoms with van der Waals surface area (Å²) in [6.45, 7) is 0.288. The minimum Gasteiger partial charge on any atom is -0.497 e. The summed E-state index contributed by atoms with van der Waals surface area (Å²) in [5, 5.41) is 4.22. The number of carbonyl (C=O) groups is 1. The molecule has 1 aromatic heterocycles. The second-order valence-corrected chi connectivity index (χ2v) is 7.15. The Morgan fingerprint density at radius 1 is 1.24 bits per heavy atom. The number of aryl methyl sites for hydroxylation is 1. The van der Waals surface area contributed by atoms with Gasteiger partial charge in [0, 0.05) is 25.2 Å². The van der Waals surface area contributed by atoms with Crippen molar-refractivity contribution < 1.29 is 31.8 Å². The van der Waals surface area contributed by atoms with E-state index >= 15 is 0 Å². The summed E-state index contributed by atoms with van der Waals surface area (Å²) in [7, 11) is 2.85. The lowest BCUT2D eigenvalue weighted by molar-refractivity contribution is -0.169.